The Balaban J connectivity index is 2.08. The smallest absolute Gasteiger partial charge is 0.430 e. The Morgan fingerprint density at radius 1 is 1.38 bits per heavy atom. The van der Waals surface area contributed by atoms with E-state index in [1.165, 1.54) is 18.1 Å². The van der Waals surface area contributed by atoms with Crippen molar-refractivity contribution in [2.45, 2.75) is 43.6 Å². The number of ether oxygens (including phenoxy) is 2. The topological polar surface area (TPSA) is 104 Å². The summed E-state index contributed by atoms with van der Waals surface area (Å²) in [5.74, 6) is 0.322. The quantitative estimate of drug-likeness (QED) is 0.554. The predicted octanol–water partition coefficient (Wildman–Crippen LogP) is 3.17. The average molecular weight is 351 g/mol. The number of sulfonamides is 1. The Bertz CT molecular complexity index is 738. The van der Waals surface area contributed by atoms with Crippen LogP contribution >= 0.6 is 0 Å². The molecule has 0 amide bonds. The molecule has 0 N–H and O–H groups in total. The van der Waals surface area contributed by atoms with E-state index >= 15 is 0 Å². The minimum atomic E-state index is -3.91. The van der Waals surface area contributed by atoms with Crippen molar-refractivity contribution in [3.63, 3.8) is 0 Å². The van der Waals surface area contributed by atoms with Crippen LogP contribution in [0.3, 0.4) is 0 Å². The van der Waals surface area contributed by atoms with Crippen LogP contribution in [0, 0.1) is 5.92 Å². The highest BCUT2D eigenvalue weighted by atomic mass is 32.2. The molecule has 0 bridgehead atoms. The molecule has 0 aliphatic carbocycles. The zero-order valence-electron chi connectivity index (χ0n) is 13.5. The van der Waals surface area contributed by atoms with Gasteiger partial charge in [-0.3, -0.25) is 0 Å². The Morgan fingerprint density at radius 3 is 2.54 bits per heavy atom. The lowest BCUT2D eigenvalue weighted by Gasteiger charge is -2.23. The maximum atomic E-state index is 11.7. The molecule has 0 spiro atoms. The van der Waals surface area contributed by atoms with Crippen molar-refractivity contribution in [1.29, 1.82) is 0 Å². The fourth-order valence-corrected chi connectivity index (χ4v) is 3.51. The van der Waals surface area contributed by atoms with Gasteiger partial charge in [0.05, 0.1) is 4.90 Å². The van der Waals surface area contributed by atoms with Crippen LogP contribution in [0.5, 0.6) is 0 Å². The lowest BCUT2D eigenvalue weighted by Crippen LogP contribution is -2.24. The van der Waals surface area contributed by atoms with E-state index in [2.05, 4.69) is 4.40 Å². The highest BCUT2D eigenvalue weighted by Crippen LogP contribution is 2.30. The molecule has 24 heavy (non-hydrogen) atoms. The first-order valence-electron chi connectivity index (χ1n) is 7.66. The summed E-state index contributed by atoms with van der Waals surface area (Å²) in [6.07, 6.45) is 0.770. The van der Waals surface area contributed by atoms with Gasteiger partial charge in [0.25, 0.3) is 0 Å². The summed E-state index contributed by atoms with van der Waals surface area (Å²) in [4.78, 5) is 11.1. The molecular weight excluding hydrogens is 332 g/mol. The van der Waals surface area contributed by atoms with Gasteiger partial charge in [0.1, 0.15) is 12.7 Å². The summed E-state index contributed by atoms with van der Waals surface area (Å²) in [6, 6.07) is 7.62. The number of carbonyl (C=O) groups is 1. The van der Waals surface area contributed by atoms with E-state index in [1.54, 1.807) is 12.1 Å². The Morgan fingerprint density at radius 2 is 2.04 bits per heavy atom. The third-order valence-corrected chi connectivity index (χ3v) is 5.42. The van der Waals surface area contributed by atoms with Crippen molar-refractivity contribution in [2.75, 3.05) is 6.61 Å². The van der Waals surface area contributed by atoms with Gasteiger partial charge in [-0.05, 0) is 42.4 Å². The van der Waals surface area contributed by atoms with Crippen molar-refractivity contribution in [1.82, 2.24) is 0 Å². The number of carbonyl (C=O) groups excluding carboxylic acids is 1. The normalized spacial score (nSPS) is 19.8. The van der Waals surface area contributed by atoms with Gasteiger partial charge >= 0.3 is 6.16 Å². The van der Waals surface area contributed by atoms with Crippen molar-refractivity contribution < 1.29 is 22.7 Å². The van der Waals surface area contributed by atoms with Gasteiger partial charge in [-0.2, -0.15) is 0 Å². The monoisotopic (exact) mass is 351 g/mol. The van der Waals surface area contributed by atoms with E-state index in [1.807, 2.05) is 13.8 Å². The fraction of sp³-hybridized carbons (Fsp3) is 0.500. The second kappa shape index (κ2) is 7.59. The van der Waals surface area contributed by atoms with E-state index in [4.69, 9.17) is 14.9 Å². The van der Waals surface area contributed by atoms with Crippen LogP contribution < -0.4 is 0 Å². The van der Waals surface area contributed by atoms with Gasteiger partial charge < -0.3 is 19.3 Å². The minimum absolute atomic E-state index is 0.00911. The molecule has 1 aliphatic heterocycles. The zero-order chi connectivity index (χ0) is 17.7. The molecular formula is C16H19N2O5S-. The molecule has 130 valence electrons. The van der Waals surface area contributed by atoms with Crippen molar-refractivity contribution in [2.24, 2.45) is 10.3 Å². The van der Waals surface area contributed by atoms with Crippen LogP contribution in [-0.4, -0.2) is 33.3 Å². The molecule has 7 nitrogen and oxygen atoms in total. The average Bonchev–Trinajstić information content (AvgIpc) is 2.98. The summed E-state index contributed by atoms with van der Waals surface area (Å²) < 4.78 is 36.3. The van der Waals surface area contributed by atoms with E-state index in [0.717, 1.165) is 18.4 Å². The van der Waals surface area contributed by atoms with Crippen LogP contribution in [0.2, 0.25) is 0 Å². The molecule has 0 aromatic heterocycles. The third kappa shape index (κ3) is 4.21. The van der Waals surface area contributed by atoms with Gasteiger partial charge in [-0.25, -0.2) is 13.2 Å². The maximum Gasteiger partial charge on any atom is 0.508 e. The molecule has 1 heterocycles. The zero-order valence-corrected chi connectivity index (χ0v) is 14.3. The SMILES string of the molecule is CCC(CC(C)c1ccc(S(=O)(=O)N=C=[N-])cc1)C1COC(=O)O1. The van der Waals surface area contributed by atoms with Crippen molar-refractivity contribution >= 4 is 22.2 Å². The number of hydrogen-bond acceptors (Lipinski definition) is 5. The lowest BCUT2D eigenvalue weighted by molar-refractivity contribution is 0.0923. The lowest BCUT2D eigenvalue weighted by atomic mass is 9.86. The Kier molecular flexibility index (Phi) is 5.75. The van der Waals surface area contributed by atoms with Crippen LogP contribution in [-0.2, 0) is 19.5 Å². The van der Waals surface area contributed by atoms with Gasteiger partial charge in [0, 0.05) is 0 Å². The van der Waals surface area contributed by atoms with E-state index in [9.17, 15) is 13.2 Å². The van der Waals surface area contributed by atoms with E-state index in [-0.39, 0.29) is 29.4 Å². The number of rotatable bonds is 7. The predicted molar refractivity (Wildman–Crippen MR) is 87.5 cm³/mol. The van der Waals surface area contributed by atoms with Crippen LogP contribution in [0.1, 0.15) is 38.2 Å². The molecule has 0 radical (unpaired) electrons. The highest BCUT2D eigenvalue weighted by Gasteiger charge is 2.32. The summed E-state index contributed by atoms with van der Waals surface area (Å²) in [7, 11) is -3.91. The number of nitrogens with zero attached hydrogens (tertiary/aromatic N) is 2. The second-order valence-corrected chi connectivity index (χ2v) is 7.36. The van der Waals surface area contributed by atoms with Gasteiger partial charge in [0.2, 0.25) is 10.0 Å². The largest absolute Gasteiger partial charge is 0.508 e. The van der Waals surface area contributed by atoms with Crippen LogP contribution in [0.15, 0.2) is 33.6 Å². The third-order valence-electron chi connectivity index (χ3n) is 4.23. The standard InChI is InChI=1S/C16H19N2O5S/c1-3-12(15-9-22-16(19)23-15)8-11(2)13-4-6-14(7-5-13)24(20,21)18-10-17/h4-7,11-12,15H,3,8-9H2,1-2H3/q-1. The van der Waals surface area contributed by atoms with Gasteiger partial charge in [-0.15, -0.1) is 6.01 Å². The molecule has 3 unspecified atom stereocenters. The molecule has 1 aliphatic rings. The van der Waals surface area contributed by atoms with Gasteiger partial charge in [-0.1, -0.05) is 26.0 Å². The fourth-order valence-electron chi connectivity index (χ4n) is 2.82. The molecule has 2 rings (SSSR count). The molecule has 3 atom stereocenters. The molecule has 0 saturated carbocycles. The first-order chi connectivity index (χ1) is 11.4. The summed E-state index contributed by atoms with van der Waals surface area (Å²) in [5.41, 5.74) is 0.967. The van der Waals surface area contributed by atoms with Crippen LogP contribution in [0.4, 0.5) is 4.79 Å². The number of benzene rings is 1. The minimum Gasteiger partial charge on any atom is -0.430 e. The first-order valence-corrected chi connectivity index (χ1v) is 9.10. The molecule has 1 aromatic rings. The van der Waals surface area contributed by atoms with E-state index in [0.29, 0.717) is 0 Å². The molecule has 1 saturated heterocycles. The van der Waals surface area contributed by atoms with E-state index < -0.39 is 16.2 Å². The van der Waals surface area contributed by atoms with Crippen molar-refractivity contribution in [3.05, 3.63) is 35.2 Å². The van der Waals surface area contributed by atoms with Crippen LogP contribution in [0.25, 0.3) is 5.41 Å². The molecule has 1 aromatic carbocycles. The Labute approximate surface area is 141 Å². The Hall–Kier alpha value is -2.18. The summed E-state index contributed by atoms with van der Waals surface area (Å²) in [5, 5.41) is 8.41. The van der Waals surface area contributed by atoms with Crippen molar-refractivity contribution in [3.8, 4) is 0 Å². The number of hydrogen-bond donors (Lipinski definition) is 0. The maximum absolute atomic E-state index is 11.7. The summed E-state index contributed by atoms with van der Waals surface area (Å²) >= 11 is 0. The number of cyclic esters (lactones) is 2. The summed E-state index contributed by atoms with van der Waals surface area (Å²) in [6.45, 7) is 4.34. The second-order valence-electron chi connectivity index (χ2n) is 5.76. The highest BCUT2D eigenvalue weighted by molar-refractivity contribution is 7.90. The van der Waals surface area contributed by atoms with Gasteiger partial charge in [0.15, 0.2) is 0 Å². The molecule has 1 fully saturated rings. The first kappa shape index (κ1) is 18.2. The molecule has 8 heteroatoms.